The van der Waals surface area contributed by atoms with E-state index < -0.39 is 0 Å². The lowest BCUT2D eigenvalue weighted by molar-refractivity contribution is 0.122. The van der Waals surface area contributed by atoms with Crippen molar-refractivity contribution in [3.05, 3.63) is 48.8 Å². The lowest BCUT2D eigenvalue weighted by Crippen LogP contribution is -2.36. The molecule has 5 nitrogen and oxygen atoms in total. The number of ether oxygens (including phenoxy) is 1. The fourth-order valence-electron chi connectivity index (χ4n) is 1.89. The number of rotatable bonds is 2. The van der Waals surface area contributed by atoms with Gasteiger partial charge in [-0.2, -0.15) is 0 Å². The van der Waals surface area contributed by atoms with Crippen molar-refractivity contribution in [3.63, 3.8) is 0 Å². The maximum atomic E-state index is 5.28. The first-order valence-electron chi connectivity index (χ1n) is 6.72. The summed E-state index contributed by atoms with van der Waals surface area (Å²) in [6.07, 6.45) is 3.39. The van der Waals surface area contributed by atoms with Crippen molar-refractivity contribution in [2.75, 3.05) is 43.6 Å². The van der Waals surface area contributed by atoms with E-state index in [1.807, 2.05) is 6.07 Å². The minimum atomic E-state index is 0.660. The molecule has 2 aromatic rings. The summed E-state index contributed by atoms with van der Waals surface area (Å²) in [5, 5.41) is 2.80. The quantitative estimate of drug-likeness (QED) is 0.906. The Hall–Kier alpha value is -2.14. The summed E-state index contributed by atoms with van der Waals surface area (Å²) >= 11 is 0. The van der Waals surface area contributed by atoms with Gasteiger partial charge in [-0.05, 0) is 18.2 Å². The second-order valence-electron chi connectivity index (χ2n) is 4.26. The van der Waals surface area contributed by atoms with Crippen LogP contribution < -0.4 is 10.2 Å². The molecule has 1 N–H and O–H groups in total. The normalized spacial score (nSPS) is 14.2. The molecule has 0 radical (unpaired) electrons. The van der Waals surface area contributed by atoms with Gasteiger partial charge in [0.1, 0.15) is 0 Å². The molecule has 2 heterocycles. The zero-order valence-corrected chi connectivity index (χ0v) is 11.7. The summed E-state index contributed by atoms with van der Waals surface area (Å²) in [7, 11) is 1.79. The van der Waals surface area contributed by atoms with Crippen LogP contribution in [0.4, 0.5) is 11.6 Å². The van der Waals surface area contributed by atoms with Crippen LogP contribution in [0.5, 0.6) is 0 Å². The molecular formula is C15H20N4O. The molecule has 0 saturated carbocycles. The third-order valence-electron chi connectivity index (χ3n) is 2.92. The maximum absolute atomic E-state index is 5.28. The van der Waals surface area contributed by atoms with Crippen LogP contribution >= 0.6 is 0 Å². The van der Waals surface area contributed by atoms with Crippen molar-refractivity contribution in [1.29, 1.82) is 0 Å². The number of morpholine rings is 1. The van der Waals surface area contributed by atoms with Crippen molar-refractivity contribution in [3.8, 4) is 0 Å². The van der Waals surface area contributed by atoms with Gasteiger partial charge in [0.25, 0.3) is 0 Å². The third kappa shape index (κ3) is 4.51. The molecule has 0 aliphatic carbocycles. The average Bonchev–Trinajstić information content (AvgIpc) is 2.58. The second kappa shape index (κ2) is 8.12. The van der Waals surface area contributed by atoms with Crippen LogP contribution in [0.2, 0.25) is 0 Å². The summed E-state index contributed by atoms with van der Waals surface area (Å²) in [6.45, 7) is 3.75. The maximum Gasteiger partial charge on any atom is 0.222 e. The summed E-state index contributed by atoms with van der Waals surface area (Å²) in [5.41, 5.74) is 1.31. The Morgan fingerprint density at radius 2 is 1.65 bits per heavy atom. The van der Waals surface area contributed by atoms with Crippen molar-refractivity contribution in [1.82, 2.24) is 9.97 Å². The second-order valence-corrected chi connectivity index (χ2v) is 4.26. The SMILES string of the molecule is CNc1ncccn1.c1ccc(N2CCOCC2)cc1. The van der Waals surface area contributed by atoms with E-state index in [-0.39, 0.29) is 0 Å². The van der Waals surface area contributed by atoms with Crippen LogP contribution in [0.1, 0.15) is 0 Å². The number of aromatic nitrogens is 2. The molecule has 3 rings (SSSR count). The number of nitrogens with one attached hydrogen (secondary N) is 1. The van der Waals surface area contributed by atoms with Gasteiger partial charge in [0.15, 0.2) is 0 Å². The van der Waals surface area contributed by atoms with E-state index >= 15 is 0 Å². The predicted octanol–water partition coefficient (Wildman–Crippen LogP) is 2.04. The Morgan fingerprint density at radius 1 is 1.00 bits per heavy atom. The monoisotopic (exact) mass is 272 g/mol. The van der Waals surface area contributed by atoms with Crippen LogP contribution in [0.3, 0.4) is 0 Å². The van der Waals surface area contributed by atoms with E-state index in [4.69, 9.17) is 4.74 Å². The molecule has 1 aromatic carbocycles. The van der Waals surface area contributed by atoms with E-state index in [1.54, 1.807) is 25.5 Å². The number of hydrogen-bond donors (Lipinski definition) is 1. The Balaban J connectivity index is 0.000000160. The predicted molar refractivity (Wildman–Crippen MR) is 81.1 cm³/mol. The van der Waals surface area contributed by atoms with E-state index in [1.165, 1.54) is 5.69 Å². The number of benzene rings is 1. The fraction of sp³-hybridized carbons (Fsp3) is 0.333. The first kappa shape index (κ1) is 14.3. The highest BCUT2D eigenvalue weighted by Crippen LogP contribution is 2.13. The molecule has 5 heteroatoms. The Labute approximate surface area is 119 Å². The first-order chi connectivity index (χ1) is 9.90. The summed E-state index contributed by atoms with van der Waals surface area (Å²) < 4.78 is 5.28. The van der Waals surface area contributed by atoms with E-state index in [0.717, 1.165) is 26.3 Å². The molecule has 1 aromatic heterocycles. The smallest absolute Gasteiger partial charge is 0.222 e. The molecule has 106 valence electrons. The van der Waals surface area contributed by atoms with Crippen LogP contribution in [-0.2, 0) is 4.74 Å². The number of anilines is 2. The van der Waals surface area contributed by atoms with Crippen LogP contribution in [-0.4, -0.2) is 43.3 Å². The molecule has 1 saturated heterocycles. The first-order valence-corrected chi connectivity index (χ1v) is 6.72. The third-order valence-corrected chi connectivity index (χ3v) is 2.92. The van der Waals surface area contributed by atoms with Crippen LogP contribution in [0, 0.1) is 0 Å². The van der Waals surface area contributed by atoms with Gasteiger partial charge >= 0.3 is 0 Å². The van der Waals surface area contributed by atoms with Crippen molar-refractivity contribution in [2.45, 2.75) is 0 Å². The van der Waals surface area contributed by atoms with Gasteiger partial charge in [0, 0.05) is 38.2 Å². The van der Waals surface area contributed by atoms with Gasteiger partial charge in [0.05, 0.1) is 13.2 Å². The highest BCUT2D eigenvalue weighted by atomic mass is 16.5. The Morgan fingerprint density at radius 3 is 2.20 bits per heavy atom. The molecule has 1 aliphatic heterocycles. The Kier molecular flexibility index (Phi) is 5.79. The lowest BCUT2D eigenvalue weighted by Gasteiger charge is -2.28. The van der Waals surface area contributed by atoms with Gasteiger partial charge in [-0.3, -0.25) is 0 Å². The number of hydrogen-bond acceptors (Lipinski definition) is 5. The largest absolute Gasteiger partial charge is 0.378 e. The zero-order chi connectivity index (χ0) is 14.0. The van der Waals surface area contributed by atoms with Crippen LogP contribution in [0.25, 0.3) is 0 Å². The van der Waals surface area contributed by atoms with Gasteiger partial charge in [-0.25, -0.2) is 9.97 Å². The fourth-order valence-corrected chi connectivity index (χ4v) is 1.89. The van der Waals surface area contributed by atoms with Crippen molar-refractivity contribution < 1.29 is 4.74 Å². The zero-order valence-electron chi connectivity index (χ0n) is 11.7. The lowest BCUT2D eigenvalue weighted by atomic mass is 10.3. The molecular weight excluding hydrogens is 252 g/mol. The standard InChI is InChI=1S/C10H13NO.C5H7N3/c1-2-4-10(5-3-1)11-6-8-12-9-7-11;1-6-5-7-3-2-4-8-5/h1-5H,6-9H2;2-4H,1H3,(H,6,7,8). The van der Waals surface area contributed by atoms with Crippen LogP contribution in [0.15, 0.2) is 48.8 Å². The molecule has 1 aliphatic rings. The molecule has 0 amide bonds. The van der Waals surface area contributed by atoms with Gasteiger partial charge < -0.3 is 15.0 Å². The van der Waals surface area contributed by atoms with Gasteiger partial charge in [0.2, 0.25) is 5.95 Å². The Bertz CT molecular complexity index is 472. The van der Waals surface area contributed by atoms with Gasteiger partial charge in [-0.1, -0.05) is 18.2 Å². The molecule has 0 bridgehead atoms. The van der Waals surface area contributed by atoms with E-state index in [0.29, 0.717) is 5.95 Å². The molecule has 1 fully saturated rings. The van der Waals surface area contributed by atoms with Crippen molar-refractivity contribution >= 4 is 11.6 Å². The summed E-state index contributed by atoms with van der Waals surface area (Å²) in [6, 6.07) is 12.3. The molecule has 20 heavy (non-hydrogen) atoms. The highest BCUT2D eigenvalue weighted by molar-refractivity contribution is 5.46. The highest BCUT2D eigenvalue weighted by Gasteiger charge is 2.09. The topological polar surface area (TPSA) is 50.3 Å². The summed E-state index contributed by atoms with van der Waals surface area (Å²) in [4.78, 5) is 10.1. The average molecular weight is 272 g/mol. The van der Waals surface area contributed by atoms with E-state index in [9.17, 15) is 0 Å². The minimum Gasteiger partial charge on any atom is -0.378 e. The van der Waals surface area contributed by atoms with Gasteiger partial charge in [-0.15, -0.1) is 0 Å². The minimum absolute atomic E-state index is 0.660. The number of nitrogens with zero attached hydrogens (tertiary/aromatic N) is 3. The molecule has 0 spiro atoms. The summed E-state index contributed by atoms with van der Waals surface area (Å²) in [5.74, 6) is 0.660. The molecule has 0 atom stereocenters. The van der Waals surface area contributed by atoms with Crippen molar-refractivity contribution in [2.24, 2.45) is 0 Å². The number of para-hydroxylation sites is 1. The molecule has 0 unspecified atom stereocenters. The van der Waals surface area contributed by atoms with E-state index in [2.05, 4.69) is 44.5 Å².